The predicted molar refractivity (Wildman–Crippen MR) is 123 cm³/mol. The minimum atomic E-state index is 0.0708. The van der Waals surface area contributed by atoms with Crippen LogP contribution < -0.4 is 0 Å². The van der Waals surface area contributed by atoms with Gasteiger partial charge in [0.2, 0.25) is 11.8 Å². The van der Waals surface area contributed by atoms with Crippen LogP contribution in [-0.4, -0.2) is 57.8 Å². The van der Waals surface area contributed by atoms with Gasteiger partial charge in [0.15, 0.2) is 0 Å². The molecule has 1 fully saturated rings. The molecule has 4 rings (SSSR count). The molecule has 9 heteroatoms. The summed E-state index contributed by atoms with van der Waals surface area (Å²) in [6.07, 6.45) is 0.925. The van der Waals surface area contributed by atoms with Gasteiger partial charge in [-0.1, -0.05) is 35.5 Å². The van der Waals surface area contributed by atoms with Gasteiger partial charge in [-0.05, 0) is 48.4 Å². The standard InChI is InChI=1S/C23H22ClN5O2S/c24-20-8-6-19(7-9-20)22-26-27-23(31-22)32-16-21(30)29-11-1-10-28(12-13-29)15-18-4-2-17(14-25)3-5-18/h2-9H,1,10-13,15-16H2. The third-order valence-electron chi connectivity index (χ3n) is 5.25. The number of halogens is 1. The Morgan fingerprint density at radius 1 is 1.06 bits per heavy atom. The molecule has 1 aromatic heterocycles. The molecule has 7 nitrogen and oxygen atoms in total. The van der Waals surface area contributed by atoms with E-state index in [1.54, 1.807) is 12.1 Å². The number of benzene rings is 2. The molecular weight excluding hydrogens is 446 g/mol. The van der Waals surface area contributed by atoms with Gasteiger partial charge in [0.1, 0.15) is 0 Å². The molecule has 1 aliphatic heterocycles. The molecule has 3 aromatic rings. The first-order valence-corrected chi connectivity index (χ1v) is 11.7. The maximum Gasteiger partial charge on any atom is 0.277 e. The zero-order valence-electron chi connectivity index (χ0n) is 17.4. The van der Waals surface area contributed by atoms with Crippen molar-refractivity contribution < 1.29 is 9.21 Å². The van der Waals surface area contributed by atoms with Crippen molar-refractivity contribution in [2.24, 2.45) is 0 Å². The van der Waals surface area contributed by atoms with E-state index >= 15 is 0 Å². The Labute approximate surface area is 196 Å². The van der Waals surface area contributed by atoms with E-state index in [2.05, 4.69) is 21.2 Å². The number of nitrogens with zero attached hydrogens (tertiary/aromatic N) is 5. The summed E-state index contributed by atoms with van der Waals surface area (Å²) < 4.78 is 5.67. The normalized spacial score (nSPS) is 14.7. The summed E-state index contributed by atoms with van der Waals surface area (Å²) in [5.41, 5.74) is 2.63. The van der Waals surface area contributed by atoms with E-state index in [0.29, 0.717) is 28.2 Å². The summed E-state index contributed by atoms with van der Waals surface area (Å²) >= 11 is 7.17. The Kier molecular flexibility index (Phi) is 7.43. The van der Waals surface area contributed by atoms with Crippen LogP contribution in [0.15, 0.2) is 58.2 Å². The van der Waals surface area contributed by atoms with Gasteiger partial charge >= 0.3 is 0 Å². The second-order valence-electron chi connectivity index (χ2n) is 7.49. The molecule has 2 heterocycles. The zero-order chi connectivity index (χ0) is 22.3. The molecule has 0 aliphatic carbocycles. The van der Waals surface area contributed by atoms with Crippen LogP contribution in [0.4, 0.5) is 0 Å². The summed E-state index contributed by atoms with van der Waals surface area (Å²) in [5, 5.41) is 18.0. The Morgan fingerprint density at radius 3 is 2.59 bits per heavy atom. The Morgan fingerprint density at radius 2 is 1.84 bits per heavy atom. The molecule has 1 aliphatic rings. The first-order valence-electron chi connectivity index (χ1n) is 10.3. The molecule has 0 bridgehead atoms. The predicted octanol–water partition coefficient (Wildman–Crippen LogP) is 4.09. The third-order valence-corrected chi connectivity index (χ3v) is 6.30. The highest BCUT2D eigenvalue weighted by Gasteiger charge is 2.20. The van der Waals surface area contributed by atoms with E-state index in [0.717, 1.165) is 38.2 Å². The lowest BCUT2D eigenvalue weighted by molar-refractivity contribution is -0.128. The quantitative estimate of drug-likeness (QED) is 0.504. The van der Waals surface area contributed by atoms with Gasteiger partial charge < -0.3 is 9.32 Å². The number of aromatic nitrogens is 2. The molecule has 32 heavy (non-hydrogen) atoms. The Bertz CT molecular complexity index is 1090. The van der Waals surface area contributed by atoms with Crippen LogP contribution in [0.5, 0.6) is 0 Å². The summed E-state index contributed by atoms with van der Waals surface area (Å²) in [5.74, 6) is 0.740. The molecule has 0 N–H and O–H groups in total. The maximum absolute atomic E-state index is 12.7. The number of carbonyl (C=O) groups excluding carboxylic acids is 1. The van der Waals surface area contributed by atoms with Crippen molar-refractivity contribution in [3.63, 3.8) is 0 Å². The Balaban J connectivity index is 1.26. The summed E-state index contributed by atoms with van der Waals surface area (Å²) in [6, 6.07) is 17.0. The van der Waals surface area contributed by atoms with Crippen LogP contribution in [0, 0.1) is 11.3 Å². The molecule has 0 radical (unpaired) electrons. The van der Waals surface area contributed by atoms with Crippen LogP contribution in [0.3, 0.4) is 0 Å². The van der Waals surface area contributed by atoms with E-state index in [4.69, 9.17) is 21.3 Å². The second-order valence-corrected chi connectivity index (χ2v) is 8.85. The first kappa shape index (κ1) is 22.3. The molecule has 2 aromatic carbocycles. The highest BCUT2D eigenvalue weighted by atomic mass is 35.5. The van der Waals surface area contributed by atoms with Crippen LogP contribution >= 0.6 is 23.4 Å². The number of hydrogen-bond acceptors (Lipinski definition) is 7. The molecule has 0 saturated carbocycles. The molecule has 164 valence electrons. The van der Waals surface area contributed by atoms with Crippen LogP contribution in [0.25, 0.3) is 11.5 Å². The average molecular weight is 468 g/mol. The van der Waals surface area contributed by atoms with Gasteiger partial charge in [-0.15, -0.1) is 10.2 Å². The minimum absolute atomic E-state index is 0.0708. The largest absolute Gasteiger partial charge is 0.411 e. The maximum atomic E-state index is 12.7. The first-order chi connectivity index (χ1) is 15.6. The van der Waals surface area contributed by atoms with E-state index in [-0.39, 0.29) is 11.7 Å². The van der Waals surface area contributed by atoms with Crippen molar-refractivity contribution in [3.05, 3.63) is 64.7 Å². The lowest BCUT2D eigenvalue weighted by atomic mass is 10.1. The van der Waals surface area contributed by atoms with Gasteiger partial charge in [-0.2, -0.15) is 5.26 Å². The lowest BCUT2D eigenvalue weighted by Gasteiger charge is -2.22. The number of carbonyl (C=O) groups is 1. The fourth-order valence-corrected chi connectivity index (χ4v) is 4.31. The van der Waals surface area contributed by atoms with Gasteiger partial charge in [0.05, 0.1) is 17.4 Å². The van der Waals surface area contributed by atoms with Crippen molar-refractivity contribution in [2.75, 3.05) is 31.9 Å². The topological polar surface area (TPSA) is 86.3 Å². The lowest BCUT2D eigenvalue weighted by Crippen LogP contribution is -2.36. The van der Waals surface area contributed by atoms with Gasteiger partial charge in [0.25, 0.3) is 5.22 Å². The van der Waals surface area contributed by atoms with Crippen LogP contribution in [-0.2, 0) is 11.3 Å². The number of rotatable bonds is 6. The van der Waals surface area contributed by atoms with Gasteiger partial charge in [-0.25, -0.2) is 0 Å². The smallest absolute Gasteiger partial charge is 0.277 e. The fraction of sp³-hybridized carbons (Fsp3) is 0.304. The van der Waals surface area contributed by atoms with Crippen molar-refractivity contribution in [1.29, 1.82) is 5.26 Å². The van der Waals surface area contributed by atoms with E-state index in [1.807, 2.05) is 41.3 Å². The van der Waals surface area contributed by atoms with E-state index in [1.165, 1.54) is 17.3 Å². The van der Waals surface area contributed by atoms with Crippen molar-refractivity contribution >= 4 is 29.3 Å². The van der Waals surface area contributed by atoms with Gasteiger partial charge in [0, 0.05) is 43.3 Å². The van der Waals surface area contributed by atoms with E-state index < -0.39 is 0 Å². The fourth-order valence-electron chi connectivity index (χ4n) is 3.51. The molecule has 0 atom stereocenters. The number of thioether (sulfide) groups is 1. The average Bonchev–Trinajstić information content (AvgIpc) is 3.17. The second kappa shape index (κ2) is 10.6. The third kappa shape index (κ3) is 5.88. The minimum Gasteiger partial charge on any atom is -0.411 e. The summed E-state index contributed by atoms with van der Waals surface area (Å²) in [6.45, 7) is 4.00. The number of amides is 1. The molecule has 1 saturated heterocycles. The summed E-state index contributed by atoms with van der Waals surface area (Å²) in [4.78, 5) is 17.0. The van der Waals surface area contributed by atoms with Crippen LogP contribution in [0.1, 0.15) is 17.5 Å². The highest BCUT2D eigenvalue weighted by Crippen LogP contribution is 2.24. The summed E-state index contributed by atoms with van der Waals surface area (Å²) in [7, 11) is 0. The number of hydrogen-bond donors (Lipinski definition) is 0. The van der Waals surface area contributed by atoms with Crippen molar-refractivity contribution in [2.45, 2.75) is 18.2 Å². The van der Waals surface area contributed by atoms with Gasteiger partial charge in [-0.3, -0.25) is 9.69 Å². The molecule has 0 unspecified atom stereocenters. The molecular formula is C23H22ClN5O2S. The van der Waals surface area contributed by atoms with Crippen LogP contribution in [0.2, 0.25) is 5.02 Å². The Hall–Kier alpha value is -2.86. The zero-order valence-corrected chi connectivity index (χ0v) is 19.0. The molecule has 0 spiro atoms. The molecule has 1 amide bonds. The SMILES string of the molecule is N#Cc1ccc(CN2CCCN(C(=O)CSc3nnc(-c4ccc(Cl)cc4)o3)CC2)cc1. The van der Waals surface area contributed by atoms with E-state index in [9.17, 15) is 4.79 Å². The monoisotopic (exact) mass is 467 g/mol. The highest BCUT2D eigenvalue weighted by molar-refractivity contribution is 7.99. The van der Waals surface area contributed by atoms with Crippen molar-refractivity contribution in [1.82, 2.24) is 20.0 Å². The number of nitriles is 1. The van der Waals surface area contributed by atoms with Crippen molar-refractivity contribution in [3.8, 4) is 17.5 Å².